The van der Waals surface area contributed by atoms with Crippen LogP contribution in [0.15, 0.2) is 43.0 Å². The number of rotatable bonds is 3. The maximum Gasteiger partial charge on any atom is 0.264 e. The first-order chi connectivity index (χ1) is 11.1. The van der Waals surface area contributed by atoms with Gasteiger partial charge in [-0.05, 0) is 30.7 Å². The highest BCUT2D eigenvalue weighted by Gasteiger charge is 2.21. The molecule has 1 fully saturated rings. The molecule has 1 saturated heterocycles. The molecule has 1 amide bonds. The van der Waals surface area contributed by atoms with Gasteiger partial charge in [0.05, 0.1) is 7.05 Å². The summed E-state index contributed by atoms with van der Waals surface area (Å²) in [6, 6.07) is 7.95. The highest BCUT2D eigenvalue weighted by atomic mass is 35.5. The van der Waals surface area contributed by atoms with Crippen molar-refractivity contribution in [3.05, 3.63) is 43.0 Å². The molecule has 0 spiro atoms. The molecule has 130 valence electrons. The third kappa shape index (κ3) is 4.41. The normalized spacial score (nSPS) is 14.9. The summed E-state index contributed by atoms with van der Waals surface area (Å²) in [5.74, 6) is 0.181. The average Bonchev–Trinajstić information content (AvgIpc) is 2.80. The fraction of sp³-hybridized carbons (Fsp3) is 0.412. The van der Waals surface area contributed by atoms with Crippen LogP contribution in [0.3, 0.4) is 0 Å². The lowest BCUT2D eigenvalue weighted by molar-refractivity contribution is -0.671. The standard InChI is InChI=1S/C17H24N5O.ClH/c1-19-9-10-20(14-19)13-17(23)22-8-2-7-21(11-12-22)16-5-3-15(18)4-6-16;/h3-6,9-10,14H,2,7-8,11-13,18H2,1H3;1H/q+1;/p-1. The number of aryl methyl sites for hydroxylation is 1. The number of halogens is 1. The second-order valence-corrected chi connectivity index (χ2v) is 6.06. The van der Waals surface area contributed by atoms with Crippen LogP contribution in [0.2, 0.25) is 0 Å². The van der Waals surface area contributed by atoms with E-state index in [1.54, 1.807) is 0 Å². The number of amides is 1. The molecule has 2 heterocycles. The zero-order chi connectivity index (χ0) is 16.2. The Labute approximate surface area is 148 Å². The zero-order valence-electron chi connectivity index (χ0n) is 13.9. The third-order valence-corrected chi connectivity index (χ3v) is 4.25. The van der Waals surface area contributed by atoms with Crippen molar-refractivity contribution in [3.63, 3.8) is 0 Å². The smallest absolute Gasteiger partial charge is 0.264 e. The van der Waals surface area contributed by atoms with Gasteiger partial charge in [-0.15, -0.1) is 0 Å². The van der Waals surface area contributed by atoms with Crippen LogP contribution in [0.25, 0.3) is 0 Å². The summed E-state index contributed by atoms with van der Waals surface area (Å²) in [7, 11) is 1.96. The van der Waals surface area contributed by atoms with Crippen LogP contribution in [0.5, 0.6) is 0 Å². The Morgan fingerprint density at radius 1 is 1.17 bits per heavy atom. The second kappa shape index (κ2) is 8.06. The molecule has 3 rings (SSSR count). The van der Waals surface area contributed by atoms with Crippen molar-refractivity contribution in [3.8, 4) is 0 Å². The van der Waals surface area contributed by atoms with Crippen LogP contribution >= 0.6 is 0 Å². The van der Waals surface area contributed by atoms with Gasteiger partial charge in [0.25, 0.3) is 5.91 Å². The molecule has 0 saturated carbocycles. The third-order valence-electron chi connectivity index (χ3n) is 4.25. The summed E-state index contributed by atoms with van der Waals surface area (Å²) in [4.78, 5) is 16.8. The van der Waals surface area contributed by atoms with Gasteiger partial charge in [-0.3, -0.25) is 4.79 Å². The molecule has 1 aromatic heterocycles. The van der Waals surface area contributed by atoms with Crippen molar-refractivity contribution in [2.45, 2.75) is 13.0 Å². The molecule has 0 unspecified atom stereocenters. The average molecular weight is 350 g/mol. The first kappa shape index (κ1) is 18.1. The largest absolute Gasteiger partial charge is 1.00 e. The highest BCUT2D eigenvalue weighted by molar-refractivity contribution is 5.76. The minimum Gasteiger partial charge on any atom is -1.00 e. The summed E-state index contributed by atoms with van der Waals surface area (Å²) in [6.45, 7) is 3.80. The Kier molecular flexibility index (Phi) is 6.09. The van der Waals surface area contributed by atoms with Gasteiger partial charge in [-0.2, -0.15) is 0 Å². The van der Waals surface area contributed by atoms with Crippen molar-refractivity contribution in [1.82, 2.24) is 9.47 Å². The fourth-order valence-corrected chi connectivity index (χ4v) is 2.96. The van der Waals surface area contributed by atoms with Crippen LogP contribution in [0.4, 0.5) is 11.4 Å². The summed E-state index contributed by atoms with van der Waals surface area (Å²) >= 11 is 0. The minimum absolute atomic E-state index is 0. The van der Waals surface area contributed by atoms with E-state index in [-0.39, 0.29) is 18.3 Å². The van der Waals surface area contributed by atoms with E-state index >= 15 is 0 Å². The number of nitrogens with two attached hydrogens (primary N) is 1. The molecule has 7 heteroatoms. The zero-order valence-corrected chi connectivity index (χ0v) is 14.7. The molecule has 2 N–H and O–H groups in total. The molecule has 0 atom stereocenters. The number of hydrogen-bond acceptors (Lipinski definition) is 3. The van der Waals surface area contributed by atoms with Gasteiger partial charge in [0, 0.05) is 37.6 Å². The Morgan fingerprint density at radius 3 is 2.58 bits per heavy atom. The minimum atomic E-state index is 0. The summed E-state index contributed by atoms with van der Waals surface area (Å²) < 4.78 is 3.86. The lowest BCUT2D eigenvalue weighted by atomic mass is 10.2. The van der Waals surface area contributed by atoms with Gasteiger partial charge in [-0.25, -0.2) is 9.13 Å². The summed E-state index contributed by atoms with van der Waals surface area (Å²) in [5.41, 5.74) is 7.70. The molecular weight excluding hydrogens is 326 g/mol. The molecule has 0 aliphatic carbocycles. The fourth-order valence-electron chi connectivity index (χ4n) is 2.96. The van der Waals surface area contributed by atoms with Crippen LogP contribution in [-0.4, -0.2) is 41.6 Å². The lowest BCUT2D eigenvalue weighted by Crippen LogP contribution is -3.00. The SMILES string of the molecule is C[n+]1ccn(CC(=O)N2CCCN(c3ccc(N)cc3)CC2)c1.[Cl-]. The van der Waals surface area contributed by atoms with Gasteiger partial charge in [0.2, 0.25) is 6.33 Å². The van der Waals surface area contributed by atoms with Crippen LogP contribution < -0.4 is 27.6 Å². The number of nitrogens with zero attached hydrogens (tertiary/aromatic N) is 4. The molecule has 1 aliphatic heterocycles. The molecule has 1 aliphatic rings. The second-order valence-electron chi connectivity index (χ2n) is 6.06. The van der Waals surface area contributed by atoms with E-state index < -0.39 is 0 Å². The van der Waals surface area contributed by atoms with Gasteiger partial charge >= 0.3 is 0 Å². The van der Waals surface area contributed by atoms with E-state index in [1.165, 1.54) is 5.69 Å². The Hall–Kier alpha value is -2.21. The van der Waals surface area contributed by atoms with E-state index in [1.807, 2.05) is 64.1 Å². The maximum atomic E-state index is 12.5. The number of aromatic nitrogens is 2. The van der Waals surface area contributed by atoms with Crippen molar-refractivity contribution in [2.75, 3.05) is 36.8 Å². The summed E-state index contributed by atoms with van der Waals surface area (Å²) in [5, 5.41) is 0. The number of imidazole rings is 1. The molecule has 24 heavy (non-hydrogen) atoms. The predicted molar refractivity (Wildman–Crippen MR) is 89.9 cm³/mol. The van der Waals surface area contributed by atoms with E-state index in [0.717, 1.165) is 38.3 Å². The van der Waals surface area contributed by atoms with Crippen molar-refractivity contribution in [2.24, 2.45) is 7.05 Å². The van der Waals surface area contributed by atoms with Gasteiger partial charge < -0.3 is 27.9 Å². The topological polar surface area (TPSA) is 58.4 Å². The monoisotopic (exact) mass is 349 g/mol. The number of hydrogen-bond donors (Lipinski definition) is 1. The van der Waals surface area contributed by atoms with Crippen LogP contribution in [0.1, 0.15) is 6.42 Å². The van der Waals surface area contributed by atoms with E-state index in [0.29, 0.717) is 6.54 Å². The van der Waals surface area contributed by atoms with Crippen LogP contribution in [0, 0.1) is 0 Å². The quantitative estimate of drug-likeness (QED) is 0.498. The molecule has 0 bridgehead atoms. The van der Waals surface area contributed by atoms with E-state index in [2.05, 4.69) is 4.90 Å². The van der Waals surface area contributed by atoms with Crippen molar-refractivity contribution >= 4 is 17.3 Å². The van der Waals surface area contributed by atoms with Gasteiger partial charge in [0.15, 0.2) is 6.54 Å². The first-order valence-corrected chi connectivity index (χ1v) is 8.01. The molecule has 0 radical (unpaired) electrons. The number of carbonyl (C=O) groups excluding carboxylic acids is 1. The van der Waals surface area contributed by atoms with Crippen molar-refractivity contribution < 1.29 is 21.8 Å². The Morgan fingerprint density at radius 2 is 1.92 bits per heavy atom. The van der Waals surface area contributed by atoms with Crippen LogP contribution in [-0.2, 0) is 18.4 Å². The molecule has 6 nitrogen and oxygen atoms in total. The Bertz CT molecular complexity index is 670. The molecule has 2 aromatic rings. The number of nitrogen functional groups attached to an aromatic ring is 1. The molecule has 1 aromatic carbocycles. The highest BCUT2D eigenvalue weighted by Crippen LogP contribution is 2.18. The van der Waals surface area contributed by atoms with Gasteiger partial charge in [0.1, 0.15) is 12.4 Å². The summed E-state index contributed by atoms with van der Waals surface area (Å²) in [6.07, 6.45) is 6.78. The Balaban J connectivity index is 0.00000208. The number of carbonyl (C=O) groups is 1. The molecular formula is C17H24ClN5O. The predicted octanol–water partition coefficient (Wildman–Crippen LogP) is -2.36. The number of anilines is 2. The first-order valence-electron chi connectivity index (χ1n) is 8.01. The van der Waals surface area contributed by atoms with E-state index in [4.69, 9.17) is 5.73 Å². The van der Waals surface area contributed by atoms with Crippen molar-refractivity contribution in [1.29, 1.82) is 0 Å². The van der Waals surface area contributed by atoms with E-state index in [9.17, 15) is 4.79 Å². The van der Waals surface area contributed by atoms with Gasteiger partial charge in [-0.1, -0.05) is 0 Å². The maximum absolute atomic E-state index is 12.5. The number of benzene rings is 1. The lowest BCUT2D eigenvalue weighted by Gasteiger charge is -2.23.